The van der Waals surface area contributed by atoms with Crippen molar-refractivity contribution in [3.8, 4) is 11.3 Å². The molecule has 1 amide bonds. The lowest BCUT2D eigenvalue weighted by molar-refractivity contribution is 0.0737. The van der Waals surface area contributed by atoms with Crippen molar-refractivity contribution in [1.82, 2.24) is 9.47 Å². The van der Waals surface area contributed by atoms with Crippen LogP contribution in [0.25, 0.3) is 22.2 Å². The van der Waals surface area contributed by atoms with E-state index in [1.54, 1.807) is 12.1 Å². The molecule has 2 heterocycles. The van der Waals surface area contributed by atoms with Gasteiger partial charge in [0.2, 0.25) is 0 Å². The van der Waals surface area contributed by atoms with E-state index in [-0.39, 0.29) is 17.8 Å². The maximum Gasteiger partial charge on any atom is 0.255 e. The van der Waals surface area contributed by atoms with E-state index in [0.29, 0.717) is 6.54 Å². The molecule has 4 heteroatoms. The highest BCUT2D eigenvalue weighted by Crippen LogP contribution is 2.47. The van der Waals surface area contributed by atoms with E-state index in [4.69, 9.17) is 0 Å². The molecular formula is C31H25FN2O. The third kappa shape index (κ3) is 3.45. The Labute approximate surface area is 204 Å². The van der Waals surface area contributed by atoms with Gasteiger partial charge in [0.05, 0.1) is 11.7 Å². The number of aryl methyl sites for hydroxylation is 2. The van der Waals surface area contributed by atoms with E-state index in [1.165, 1.54) is 17.7 Å². The number of carbonyl (C=O) groups is 1. The van der Waals surface area contributed by atoms with Crippen molar-refractivity contribution in [2.45, 2.75) is 19.5 Å². The van der Waals surface area contributed by atoms with E-state index in [0.717, 1.165) is 44.4 Å². The van der Waals surface area contributed by atoms with Crippen LogP contribution < -0.4 is 0 Å². The van der Waals surface area contributed by atoms with Gasteiger partial charge in [-0.1, -0.05) is 78.4 Å². The Morgan fingerprint density at radius 2 is 1.51 bits per heavy atom. The van der Waals surface area contributed by atoms with E-state index >= 15 is 0 Å². The Morgan fingerprint density at radius 3 is 2.29 bits per heavy atom. The summed E-state index contributed by atoms with van der Waals surface area (Å²) in [7, 11) is 2.09. The van der Waals surface area contributed by atoms with Crippen LogP contribution in [-0.2, 0) is 13.6 Å². The van der Waals surface area contributed by atoms with Crippen molar-refractivity contribution in [2.75, 3.05) is 0 Å². The highest BCUT2D eigenvalue weighted by Gasteiger charge is 2.40. The fourth-order valence-corrected chi connectivity index (χ4v) is 5.39. The number of halogens is 1. The summed E-state index contributed by atoms with van der Waals surface area (Å²) in [5.41, 5.74) is 8.28. The average Bonchev–Trinajstić information content (AvgIpc) is 3.32. The molecule has 0 N–H and O–H groups in total. The molecule has 1 aliphatic rings. The van der Waals surface area contributed by atoms with Gasteiger partial charge in [-0.05, 0) is 47.9 Å². The molecule has 6 rings (SSSR count). The minimum atomic E-state index is -0.281. The normalized spacial score (nSPS) is 15.1. The summed E-state index contributed by atoms with van der Waals surface area (Å²) >= 11 is 0. The predicted octanol–water partition coefficient (Wildman–Crippen LogP) is 7.04. The zero-order chi connectivity index (χ0) is 24.1. The molecule has 35 heavy (non-hydrogen) atoms. The van der Waals surface area contributed by atoms with Gasteiger partial charge in [0.25, 0.3) is 5.91 Å². The van der Waals surface area contributed by atoms with Crippen molar-refractivity contribution in [2.24, 2.45) is 7.05 Å². The first kappa shape index (κ1) is 21.4. The van der Waals surface area contributed by atoms with Crippen molar-refractivity contribution in [1.29, 1.82) is 0 Å². The molecule has 3 nitrogen and oxygen atoms in total. The second-order valence-corrected chi connectivity index (χ2v) is 9.25. The number of benzene rings is 4. The molecule has 0 unspecified atom stereocenters. The van der Waals surface area contributed by atoms with Crippen molar-refractivity contribution >= 4 is 16.8 Å². The van der Waals surface area contributed by atoms with Gasteiger partial charge >= 0.3 is 0 Å². The van der Waals surface area contributed by atoms with E-state index in [9.17, 15) is 9.18 Å². The highest BCUT2D eigenvalue weighted by atomic mass is 19.1. The van der Waals surface area contributed by atoms with Gasteiger partial charge in [-0.2, -0.15) is 0 Å². The minimum Gasteiger partial charge on any atom is -0.343 e. The van der Waals surface area contributed by atoms with Crippen LogP contribution in [0.15, 0.2) is 97.1 Å². The van der Waals surface area contributed by atoms with Gasteiger partial charge in [0.1, 0.15) is 5.82 Å². The number of hydrogen-bond donors (Lipinski definition) is 0. The van der Waals surface area contributed by atoms with Crippen LogP contribution in [0, 0.1) is 12.7 Å². The molecule has 1 aromatic heterocycles. The van der Waals surface area contributed by atoms with E-state index < -0.39 is 0 Å². The quantitative estimate of drug-likeness (QED) is 0.282. The molecule has 1 aliphatic heterocycles. The fourth-order valence-electron chi connectivity index (χ4n) is 5.39. The maximum absolute atomic E-state index is 13.7. The van der Waals surface area contributed by atoms with Gasteiger partial charge < -0.3 is 9.47 Å². The lowest BCUT2D eigenvalue weighted by Crippen LogP contribution is -2.28. The first-order chi connectivity index (χ1) is 17.0. The molecule has 0 saturated carbocycles. The molecule has 172 valence electrons. The van der Waals surface area contributed by atoms with Crippen LogP contribution in [-0.4, -0.2) is 15.4 Å². The highest BCUT2D eigenvalue weighted by molar-refractivity contribution is 6.02. The molecule has 0 bridgehead atoms. The zero-order valence-electron chi connectivity index (χ0n) is 19.7. The smallest absolute Gasteiger partial charge is 0.255 e. The molecular weight excluding hydrogens is 435 g/mol. The fraction of sp³-hybridized carbons (Fsp3) is 0.129. The second kappa shape index (κ2) is 8.24. The van der Waals surface area contributed by atoms with Crippen LogP contribution in [0.2, 0.25) is 0 Å². The average molecular weight is 461 g/mol. The zero-order valence-corrected chi connectivity index (χ0v) is 19.7. The summed E-state index contributed by atoms with van der Waals surface area (Å²) in [5.74, 6) is -0.283. The second-order valence-electron chi connectivity index (χ2n) is 9.25. The third-order valence-electron chi connectivity index (χ3n) is 7.07. The number of rotatable bonds is 4. The Kier molecular flexibility index (Phi) is 5.03. The van der Waals surface area contributed by atoms with Crippen LogP contribution in [0.4, 0.5) is 4.39 Å². The summed E-state index contributed by atoms with van der Waals surface area (Å²) in [6.07, 6.45) is 0. The number of fused-ring (bicyclic) bond motifs is 2. The van der Waals surface area contributed by atoms with Crippen molar-refractivity contribution < 1.29 is 9.18 Å². The molecule has 0 fully saturated rings. The maximum atomic E-state index is 13.7. The number of aromatic nitrogens is 1. The van der Waals surface area contributed by atoms with Crippen molar-refractivity contribution in [3.05, 3.63) is 131 Å². The SMILES string of the molecule is Cc1ccc(-c2c([C@H]3c4ccccc4C(=O)N3Cc3ccc(F)cc3)c3ccccc3n2C)cc1. The van der Waals surface area contributed by atoms with Gasteiger partial charge in [-0.25, -0.2) is 4.39 Å². The molecule has 4 aromatic carbocycles. The number of amides is 1. The molecule has 0 spiro atoms. The number of nitrogens with zero attached hydrogens (tertiary/aromatic N) is 2. The number of carbonyl (C=O) groups excluding carboxylic acids is 1. The largest absolute Gasteiger partial charge is 0.343 e. The Balaban J connectivity index is 1.61. The summed E-state index contributed by atoms with van der Waals surface area (Å²) in [4.78, 5) is 15.7. The van der Waals surface area contributed by atoms with Crippen molar-refractivity contribution in [3.63, 3.8) is 0 Å². The standard InChI is InChI=1S/C31H25FN2O/c1-20-11-15-22(16-12-20)29-28(26-9-5-6-10-27(26)33(29)2)30-24-7-3-4-8-25(24)31(35)34(30)19-21-13-17-23(32)18-14-21/h3-18,30H,19H2,1-2H3/t30-/m1/s1. The minimum absolute atomic E-state index is 0.00212. The van der Waals surface area contributed by atoms with Gasteiger partial charge in [-0.3, -0.25) is 4.79 Å². The molecule has 0 radical (unpaired) electrons. The first-order valence-electron chi connectivity index (χ1n) is 11.8. The van der Waals surface area contributed by atoms with Crippen LogP contribution >= 0.6 is 0 Å². The summed E-state index contributed by atoms with van der Waals surface area (Å²) in [6.45, 7) is 2.48. The third-order valence-corrected chi connectivity index (χ3v) is 7.07. The lowest BCUT2D eigenvalue weighted by Gasteiger charge is -2.27. The monoisotopic (exact) mass is 460 g/mol. The van der Waals surface area contributed by atoms with E-state index in [1.807, 2.05) is 23.1 Å². The van der Waals surface area contributed by atoms with Gasteiger partial charge in [-0.15, -0.1) is 0 Å². The Bertz CT molecular complexity index is 1560. The van der Waals surface area contributed by atoms with Gasteiger partial charge in [0.15, 0.2) is 0 Å². The molecule has 0 aliphatic carbocycles. The van der Waals surface area contributed by atoms with Crippen LogP contribution in [0.5, 0.6) is 0 Å². The molecule has 1 atom stereocenters. The summed E-state index contributed by atoms with van der Waals surface area (Å²) < 4.78 is 15.8. The van der Waals surface area contributed by atoms with Gasteiger partial charge in [0, 0.05) is 35.6 Å². The molecule has 0 saturated heterocycles. The number of hydrogen-bond acceptors (Lipinski definition) is 1. The number of para-hydroxylation sites is 1. The Hall–Kier alpha value is -4.18. The summed E-state index contributed by atoms with van der Waals surface area (Å²) in [5, 5.41) is 1.13. The molecule has 5 aromatic rings. The topological polar surface area (TPSA) is 25.2 Å². The summed E-state index contributed by atoms with van der Waals surface area (Å²) in [6, 6.07) is 31.0. The Morgan fingerprint density at radius 1 is 0.829 bits per heavy atom. The lowest BCUT2D eigenvalue weighted by atomic mass is 9.92. The first-order valence-corrected chi connectivity index (χ1v) is 11.8. The van der Waals surface area contributed by atoms with E-state index in [2.05, 4.69) is 73.1 Å². The van der Waals surface area contributed by atoms with Crippen LogP contribution in [0.1, 0.15) is 38.7 Å². The predicted molar refractivity (Wildman–Crippen MR) is 138 cm³/mol. The van der Waals surface area contributed by atoms with Crippen LogP contribution in [0.3, 0.4) is 0 Å².